The molecular weight excluding hydrogens is 243 g/mol. The van der Waals surface area contributed by atoms with Crippen LogP contribution in [0.5, 0.6) is 0 Å². The van der Waals surface area contributed by atoms with Crippen LogP contribution in [0.3, 0.4) is 0 Å². The van der Waals surface area contributed by atoms with Crippen molar-refractivity contribution in [3.63, 3.8) is 0 Å². The van der Waals surface area contributed by atoms with Gasteiger partial charge in [0.25, 0.3) is 0 Å². The van der Waals surface area contributed by atoms with Crippen LogP contribution in [0, 0.1) is 5.82 Å². The molecule has 2 N–H and O–H groups in total. The highest BCUT2D eigenvalue weighted by atomic mass is 35.5. The van der Waals surface area contributed by atoms with Crippen LogP contribution in [0.2, 0.25) is 5.02 Å². The second kappa shape index (κ2) is 5.02. The van der Waals surface area contributed by atoms with Gasteiger partial charge in [-0.05, 0) is 25.5 Å². The van der Waals surface area contributed by atoms with Gasteiger partial charge < -0.3 is 10.2 Å². The van der Waals surface area contributed by atoms with E-state index in [-0.39, 0.29) is 10.9 Å². The lowest BCUT2D eigenvalue weighted by Crippen LogP contribution is -2.02. The minimum Gasteiger partial charge on any atom is -0.440 e. The number of nitrogens with two attached hydrogens (primary N) is 1. The molecule has 0 fully saturated rings. The Labute approximate surface area is 104 Å². The highest BCUT2D eigenvalue weighted by Crippen LogP contribution is 2.27. The van der Waals surface area contributed by atoms with Crippen molar-refractivity contribution in [1.82, 2.24) is 4.98 Å². The van der Waals surface area contributed by atoms with Gasteiger partial charge in [-0.15, -0.1) is 0 Å². The first-order valence-electron chi connectivity index (χ1n) is 5.57. The molecule has 1 aromatic carbocycles. The van der Waals surface area contributed by atoms with Crippen LogP contribution in [0.1, 0.15) is 31.6 Å². The van der Waals surface area contributed by atoms with Crippen LogP contribution in [0.15, 0.2) is 16.5 Å². The molecule has 3 nitrogen and oxygen atoms in total. The van der Waals surface area contributed by atoms with Gasteiger partial charge in [-0.2, -0.15) is 0 Å². The second-order valence-corrected chi connectivity index (χ2v) is 4.53. The molecule has 1 atom stereocenters. The molecule has 92 valence electrons. The zero-order valence-electron chi connectivity index (χ0n) is 9.54. The maximum absolute atomic E-state index is 13.2. The third-order valence-electron chi connectivity index (χ3n) is 2.71. The van der Waals surface area contributed by atoms with Crippen molar-refractivity contribution in [3.05, 3.63) is 28.9 Å². The molecule has 0 amide bonds. The average Bonchev–Trinajstić information content (AvgIpc) is 2.69. The summed E-state index contributed by atoms with van der Waals surface area (Å²) in [7, 11) is 0. The van der Waals surface area contributed by atoms with Crippen molar-refractivity contribution in [2.45, 2.75) is 25.7 Å². The van der Waals surface area contributed by atoms with Crippen LogP contribution < -0.4 is 5.73 Å². The molecular formula is C12H14ClFN2O. The number of hydrogen-bond donors (Lipinski definition) is 1. The van der Waals surface area contributed by atoms with Crippen LogP contribution in [-0.4, -0.2) is 11.5 Å². The fourth-order valence-corrected chi connectivity index (χ4v) is 1.86. The number of nitrogens with zero attached hydrogens (tertiary/aromatic N) is 1. The molecule has 0 aliphatic heterocycles. The Morgan fingerprint density at radius 3 is 3.00 bits per heavy atom. The molecule has 0 saturated heterocycles. The zero-order valence-corrected chi connectivity index (χ0v) is 10.3. The van der Waals surface area contributed by atoms with E-state index in [4.69, 9.17) is 21.8 Å². The molecule has 0 spiro atoms. The molecule has 5 heteroatoms. The first-order chi connectivity index (χ1) is 8.11. The number of oxazole rings is 1. The standard InChI is InChI=1S/C12H14ClFN2O/c1-7(3-2-4-15)12-16-10-5-8(13)9(14)6-11(10)17-12/h5-7H,2-4,15H2,1H3. The first-order valence-corrected chi connectivity index (χ1v) is 5.95. The largest absolute Gasteiger partial charge is 0.440 e. The third-order valence-corrected chi connectivity index (χ3v) is 3.00. The second-order valence-electron chi connectivity index (χ2n) is 4.12. The van der Waals surface area contributed by atoms with Gasteiger partial charge in [-0.1, -0.05) is 18.5 Å². The molecule has 1 heterocycles. The Morgan fingerprint density at radius 1 is 1.53 bits per heavy atom. The summed E-state index contributed by atoms with van der Waals surface area (Å²) in [6.07, 6.45) is 1.81. The van der Waals surface area contributed by atoms with Gasteiger partial charge in [0.2, 0.25) is 0 Å². The lowest BCUT2D eigenvalue weighted by molar-refractivity contribution is 0.463. The van der Waals surface area contributed by atoms with Gasteiger partial charge in [0, 0.05) is 12.0 Å². The fraction of sp³-hybridized carbons (Fsp3) is 0.417. The van der Waals surface area contributed by atoms with E-state index < -0.39 is 5.82 Å². The third kappa shape index (κ3) is 2.58. The SMILES string of the molecule is CC(CCCN)c1nc2cc(Cl)c(F)cc2o1. The normalized spacial score (nSPS) is 13.2. The molecule has 17 heavy (non-hydrogen) atoms. The minimum absolute atomic E-state index is 0.0620. The Bertz CT molecular complexity index is 487. The smallest absolute Gasteiger partial charge is 0.198 e. The average molecular weight is 257 g/mol. The number of aromatic nitrogens is 1. The van der Waals surface area contributed by atoms with Gasteiger partial charge in [-0.25, -0.2) is 9.37 Å². The van der Waals surface area contributed by atoms with E-state index in [1.165, 1.54) is 12.1 Å². The van der Waals surface area contributed by atoms with Crippen LogP contribution in [-0.2, 0) is 0 Å². The summed E-state index contributed by atoms with van der Waals surface area (Å²) in [5.74, 6) is 0.291. The Balaban J connectivity index is 2.31. The summed E-state index contributed by atoms with van der Waals surface area (Å²) >= 11 is 5.69. The number of halogens is 2. The topological polar surface area (TPSA) is 52.0 Å². The summed E-state index contributed by atoms with van der Waals surface area (Å²) in [5, 5.41) is 0.0620. The van der Waals surface area contributed by atoms with E-state index >= 15 is 0 Å². The molecule has 1 unspecified atom stereocenters. The summed E-state index contributed by atoms with van der Waals surface area (Å²) in [4.78, 5) is 4.31. The van der Waals surface area contributed by atoms with E-state index in [0.717, 1.165) is 12.8 Å². The maximum Gasteiger partial charge on any atom is 0.198 e. The predicted octanol–water partition coefficient (Wildman–Crippen LogP) is 3.46. The number of rotatable bonds is 4. The Kier molecular flexibility index (Phi) is 3.64. The number of fused-ring (bicyclic) bond motifs is 1. The summed E-state index contributed by atoms with van der Waals surface area (Å²) in [6.45, 7) is 2.66. The van der Waals surface area contributed by atoms with Gasteiger partial charge in [0.1, 0.15) is 11.3 Å². The molecule has 1 aromatic heterocycles. The van der Waals surface area contributed by atoms with Crippen molar-refractivity contribution in [2.24, 2.45) is 5.73 Å². The van der Waals surface area contributed by atoms with Crippen molar-refractivity contribution in [3.8, 4) is 0 Å². The quantitative estimate of drug-likeness (QED) is 0.911. The molecule has 0 bridgehead atoms. The summed E-state index contributed by atoms with van der Waals surface area (Å²) in [5.41, 5.74) is 6.47. The lowest BCUT2D eigenvalue weighted by Gasteiger charge is -2.04. The van der Waals surface area contributed by atoms with Gasteiger partial charge in [-0.3, -0.25) is 0 Å². The van der Waals surface area contributed by atoms with E-state index in [1.54, 1.807) is 0 Å². The van der Waals surface area contributed by atoms with Crippen LogP contribution in [0.25, 0.3) is 11.1 Å². The summed E-state index contributed by atoms with van der Waals surface area (Å²) < 4.78 is 18.7. The monoisotopic (exact) mass is 256 g/mol. The van der Waals surface area contributed by atoms with Gasteiger partial charge >= 0.3 is 0 Å². The van der Waals surface area contributed by atoms with Gasteiger partial charge in [0.05, 0.1) is 5.02 Å². The van der Waals surface area contributed by atoms with Crippen LogP contribution >= 0.6 is 11.6 Å². The van der Waals surface area contributed by atoms with E-state index in [0.29, 0.717) is 23.5 Å². The fourth-order valence-electron chi connectivity index (χ4n) is 1.70. The Morgan fingerprint density at radius 2 is 2.29 bits per heavy atom. The van der Waals surface area contributed by atoms with E-state index in [2.05, 4.69) is 4.98 Å². The molecule has 2 aromatic rings. The van der Waals surface area contributed by atoms with Gasteiger partial charge in [0.15, 0.2) is 11.5 Å². The van der Waals surface area contributed by atoms with Crippen molar-refractivity contribution in [2.75, 3.05) is 6.54 Å². The maximum atomic E-state index is 13.2. The number of hydrogen-bond acceptors (Lipinski definition) is 3. The summed E-state index contributed by atoms with van der Waals surface area (Å²) in [6, 6.07) is 2.75. The van der Waals surface area contributed by atoms with Crippen LogP contribution in [0.4, 0.5) is 4.39 Å². The molecule has 0 saturated carbocycles. The molecule has 0 aliphatic rings. The zero-order chi connectivity index (χ0) is 12.4. The first kappa shape index (κ1) is 12.3. The van der Waals surface area contributed by atoms with Crippen molar-refractivity contribution in [1.29, 1.82) is 0 Å². The van der Waals surface area contributed by atoms with E-state index in [9.17, 15) is 4.39 Å². The number of benzene rings is 1. The predicted molar refractivity (Wildman–Crippen MR) is 65.7 cm³/mol. The highest BCUT2D eigenvalue weighted by Gasteiger charge is 2.14. The van der Waals surface area contributed by atoms with Crippen molar-refractivity contribution < 1.29 is 8.81 Å². The minimum atomic E-state index is -0.489. The molecule has 0 radical (unpaired) electrons. The highest BCUT2D eigenvalue weighted by molar-refractivity contribution is 6.31. The Hall–Kier alpha value is -1.13. The molecule has 2 rings (SSSR count). The van der Waals surface area contributed by atoms with E-state index in [1.807, 2.05) is 6.92 Å². The van der Waals surface area contributed by atoms with Crippen molar-refractivity contribution >= 4 is 22.7 Å². The molecule has 0 aliphatic carbocycles. The lowest BCUT2D eigenvalue weighted by atomic mass is 10.1.